The molecule has 1 fully saturated rings. The Labute approximate surface area is 254 Å². The van der Waals surface area contributed by atoms with E-state index in [1.54, 1.807) is 4.74 Å². The van der Waals surface area contributed by atoms with E-state index in [0.717, 1.165) is 0 Å². The smallest absolute Gasteiger partial charge is 0.342 e. The third-order valence-electron chi connectivity index (χ3n) is 6.28. The topological polar surface area (TPSA) is 27.7 Å². The van der Waals surface area contributed by atoms with Crippen LogP contribution >= 0.6 is 0 Å². The highest BCUT2D eigenvalue weighted by molar-refractivity contribution is 5.19. The van der Waals surface area contributed by atoms with Crippen molar-refractivity contribution in [1.82, 2.24) is 0 Å². The van der Waals surface area contributed by atoms with Gasteiger partial charge in [-0.1, -0.05) is 0 Å². The molecule has 0 aromatic heterocycles. The maximum Gasteiger partial charge on any atom is 0.435 e. The Bertz CT molecular complexity index is 1080. The first-order chi connectivity index (χ1) is 21.5. The minimum atomic E-state index is -9.41. The number of ether oxygens (including phenoxy) is 3. The lowest BCUT2D eigenvalue weighted by atomic mass is 9.95. The molecule has 0 N–H and O–H groups in total. The number of halogens is 31. The zero-order chi connectivity index (χ0) is 41.9. The van der Waals surface area contributed by atoms with Gasteiger partial charge in [0.05, 0.1) is 0 Å². The fraction of sp³-hybridized carbons (Fsp3) is 1.00. The van der Waals surface area contributed by atoms with E-state index in [9.17, 15) is 127 Å². The number of rotatable bonds is 6. The van der Waals surface area contributed by atoms with Crippen molar-refractivity contribution in [3.8, 4) is 0 Å². The first kappa shape index (κ1) is 46.7. The van der Waals surface area contributed by atoms with E-state index in [0.29, 0.717) is 0 Å². The van der Waals surface area contributed by atoms with E-state index >= 15 is 8.78 Å². The van der Waals surface area contributed by atoms with Gasteiger partial charge in [-0.3, -0.25) is 0 Å². The van der Waals surface area contributed by atoms with Gasteiger partial charge in [0.2, 0.25) is 0 Å². The Balaban J connectivity index is 5.06. The lowest BCUT2D eigenvalue weighted by molar-refractivity contribution is -0.569. The zero-order valence-corrected chi connectivity index (χ0v) is 21.7. The van der Waals surface area contributed by atoms with Gasteiger partial charge in [0.25, 0.3) is 5.79 Å². The summed E-state index contributed by atoms with van der Waals surface area (Å²) in [6, 6.07) is 0. The molecule has 0 amide bonds. The van der Waals surface area contributed by atoms with Gasteiger partial charge in [0, 0.05) is 6.42 Å². The molecular formula is C17H3F31O3. The molecule has 1 saturated carbocycles. The van der Waals surface area contributed by atoms with Crippen molar-refractivity contribution in [3.63, 3.8) is 0 Å². The second-order valence-electron chi connectivity index (χ2n) is 9.48. The molecule has 1 unspecified atom stereocenters. The fourth-order valence-corrected chi connectivity index (χ4v) is 4.01. The minimum absolute atomic E-state index is 1.41. The molecule has 3 nitrogen and oxygen atoms in total. The molecule has 0 radical (unpaired) electrons. The van der Waals surface area contributed by atoms with Gasteiger partial charge in [0.15, 0.2) is 0 Å². The standard InChI is InChI=1S/C17H3F31O3/c18-3(19)1-2(49-5(9(22,23)24,10(25,26)27)11(28,29)30)4(8(3,20)21,50-6(12(31,32)33,13(34,35)36)14(37,38)39)51-7(15(40,41)42,16(43,44)45)17(46,47)48/h2H,1H2. The summed E-state index contributed by atoms with van der Waals surface area (Å²) in [4.78, 5) is 0. The van der Waals surface area contributed by atoms with Crippen LogP contribution in [0.2, 0.25) is 0 Å². The molecule has 1 aliphatic carbocycles. The van der Waals surface area contributed by atoms with Crippen LogP contribution in [0, 0.1) is 0 Å². The average molecular weight is 844 g/mol. The molecule has 0 saturated heterocycles. The van der Waals surface area contributed by atoms with Gasteiger partial charge in [-0.15, -0.1) is 0 Å². The molecule has 1 aliphatic rings. The van der Waals surface area contributed by atoms with Crippen LogP contribution in [-0.2, 0) is 14.2 Å². The van der Waals surface area contributed by atoms with Crippen LogP contribution in [0.25, 0.3) is 0 Å². The van der Waals surface area contributed by atoms with Crippen LogP contribution < -0.4 is 0 Å². The van der Waals surface area contributed by atoms with Crippen LogP contribution in [-0.4, -0.2) is 96.1 Å². The first-order valence-corrected chi connectivity index (χ1v) is 10.9. The Hall–Kier alpha value is -2.29. The fourth-order valence-electron chi connectivity index (χ4n) is 4.01. The van der Waals surface area contributed by atoms with Crippen LogP contribution in [0.15, 0.2) is 0 Å². The van der Waals surface area contributed by atoms with Crippen LogP contribution in [0.4, 0.5) is 136 Å². The number of alkyl halides is 31. The Morgan fingerprint density at radius 3 is 0.706 bits per heavy atom. The third kappa shape index (κ3) is 6.41. The Morgan fingerprint density at radius 2 is 0.529 bits per heavy atom. The van der Waals surface area contributed by atoms with Gasteiger partial charge >= 0.3 is 84.2 Å². The minimum Gasteiger partial charge on any atom is -0.342 e. The lowest BCUT2D eigenvalue weighted by Crippen LogP contribution is -2.80. The second-order valence-corrected chi connectivity index (χ2v) is 9.48. The quantitative estimate of drug-likeness (QED) is 0.197. The molecule has 0 aromatic rings. The predicted octanol–water partition coefficient (Wildman–Crippen LogP) is 10.1. The summed E-state index contributed by atoms with van der Waals surface area (Å²) in [5, 5.41) is 0. The Morgan fingerprint density at radius 1 is 0.333 bits per heavy atom. The van der Waals surface area contributed by atoms with Gasteiger partial charge in [-0.25, -0.2) is 0 Å². The van der Waals surface area contributed by atoms with E-state index in [1.807, 2.05) is 0 Å². The van der Waals surface area contributed by atoms with E-state index in [4.69, 9.17) is 0 Å². The molecule has 0 aromatic carbocycles. The highest BCUT2D eigenvalue weighted by Gasteiger charge is 2.98. The molecular weight excluding hydrogens is 841 g/mol. The normalized spacial score (nSPS) is 22.1. The molecule has 0 aliphatic heterocycles. The summed E-state index contributed by atoms with van der Waals surface area (Å²) in [7, 11) is 0. The van der Waals surface area contributed by atoms with Crippen molar-refractivity contribution in [2.75, 3.05) is 0 Å². The molecule has 1 rings (SSSR count). The monoisotopic (exact) mass is 844 g/mol. The first-order valence-electron chi connectivity index (χ1n) is 10.9. The van der Waals surface area contributed by atoms with Crippen molar-refractivity contribution >= 4 is 0 Å². The molecule has 34 heteroatoms. The Kier molecular flexibility index (Phi) is 10.6. The highest BCUT2D eigenvalue weighted by atomic mass is 19.5. The lowest BCUT2D eigenvalue weighted by Gasteiger charge is -2.52. The van der Waals surface area contributed by atoms with E-state index in [1.165, 1.54) is 9.47 Å². The van der Waals surface area contributed by atoms with Gasteiger partial charge in [-0.05, 0) is 0 Å². The summed E-state index contributed by atoms with van der Waals surface area (Å²) in [5.41, 5.74) is -27.7. The van der Waals surface area contributed by atoms with Gasteiger partial charge < -0.3 is 14.2 Å². The molecule has 306 valence electrons. The van der Waals surface area contributed by atoms with Gasteiger partial charge in [-0.2, -0.15) is 136 Å². The van der Waals surface area contributed by atoms with Crippen molar-refractivity contribution in [2.45, 2.75) is 103 Å². The van der Waals surface area contributed by atoms with Crippen molar-refractivity contribution in [1.29, 1.82) is 0 Å². The summed E-state index contributed by atoms with van der Waals surface area (Å²) in [5.74, 6) is -25.8. The molecule has 0 spiro atoms. The second kappa shape index (κ2) is 11.6. The zero-order valence-electron chi connectivity index (χ0n) is 21.7. The highest BCUT2D eigenvalue weighted by Crippen LogP contribution is 2.69. The maximum atomic E-state index is 15.0. The van der Waals surface area contributed by atoms with E-state index in [-0.39, 0.29) is 0 Å². The largest absolute Gasteiger partial charge is 0.435 e. The number of hydrogen-bond acceptors (Lipinski definition) is 3. The van der Waals surface area contributed by atoms with E-state index < -0.39 is 103 Å². The maximum absolute atomic E-state index is 15.0. The van der Waals surface area contributed by atoms with E-state index in [2.05, 4.69) is 0 Å². The summed E-state index contributed by atoms with van der Waals surface area (Å²) in [6.07, 6.45) is -93.0. The van der Waals surface area contributed by atoms with Gasteiger partial charge in [0.1, 0.15) is 6.10 Å². The molecule has 51 heavy (non-hydrogen) atoms. The van der Waals surface area contributed by atoms with Crippen molar-refractivity contribution in [3.05, 3.63) is 0 Å². The summed E-state index contributed by atoms with van der Waals surface area (Å²) < 4.78 is 427. The third-order valence-corrected chi connectivity index (χ3v) is 6.28. The van der Waals surface area contributed by atoms with Crippen LogP contribution in [0.1, 0.15) is 6.42 Å². The van der Waals surface area contributed by atoms with Crippen molar-refractivity contribution in [2.24, 2.45) is 0 Å². The SMILES string of the molecule is FC(F)(F)C(OC1CC(F)(F)C(F)(F)C1(OC(C(F)(F)F)(C(F)(F)F)C(F)(F)F)OC(C(F)(F)F)(C(F)(F)F)C(F)(F)F)(C(F)(F)F)C(F)(F)F. The average Bonchev–Trinajstić information content (AvgIpc) is 2.87. The molecule has 0 bridgehead atoms. The predicted molar refractivity (Wildman–Crippen MR) is 87.0 cm³/mol. The van der Waals surface area contributed by atoms with Crippen LogP contribution in [0.5, 0.6) is 0 Å². The summed E-state index contributed by atoms with van der Waals surface area (Å²) >= 11 is 0. The van der Waals surface area contributed by atoms with Crippen molar-refractivity contribution < 1.29 is 150 Å². The van der Waals surface area contributed by atoms with Crippen LogP contribution in [0.3, 0.4) is 0 Å². The molecule has 0 heterocycles. The molecule has 1 atom stereocenters. The number of hydrogen-bond donors (Lipinski definition) is 0. The summed E-state index contributed by atoms with van der Waals surface area (Å²) in [6.45, 7) is 0.